The van der Waals surface area contributed by atoms with Gasteiger partial charge in [0.2, 0.25) is 5.91 Å². The third-order valence-electron chi connectivity index (χ3n) is 4.23. The van der Waals surface area contributed by atoms with Crippen LogP contribution in [0.3, 0.4) is 0 Å². The van der Waals surface area contributed by atoms with Gasteiger partial charge in [0.25, 0.3) is 0 Å². The van der Waals surface area contributed by atoms with Crippen LogP contribution in [0.1, 0.15) is 44.7 Å². The fourth-order valence-corrected chi connectivity index (χ4v) is 2.75. The van der Waals surface area contributed by atoms with E-state index >= 15 is 0 Å². The van der Waals surface area contributed by atoms with Gasteiger partial charge in [0.05, 0.1) is 11.8 Å². The Balaban J connectivity index is 2.24. The highest BCUT2D eigenvalue weighted by molar-refractivity contribution is 6.31. The summed E-state index contributed by atoms with van der Waals surface area (Å²) < 4.78 is 5.90. The lowest BCUT2D eigenvalue weighted by molar-refractivity contribution is -0.118. The molecule has 1 aliphatic rings. The first-order valence-electron chi connectivity index (χ1n) is 7.63. The van der Waals surface area contributed by atoms with Crippen LogP contribution in [0.25, 0.3) is 0 Å². The molecular formula is C17H24ClNO2. The molecule has 0 aromatic heterocycles. The fraction of sp³-hybridized carbons (Fsp3) is 0.588. The largest absolute Gasteiger partial charge is 0.357 e. The van der Waals surface area contributed by atoms with Gasteiger partial charge in [-0.3, -0.25) is 9.69 Å². The Bertz CT molecular complexity index is 526. The zero-order chi connectivity index (χ0) is 15.6. The molecule has 0 radical (unpaired) electrons. The van der Waals surface area contributed by atoms with Gasteiger partial charge in [0, 0.05) is 11.9 Å². The van der Waals surface area contributed by atoms with Crippen molar-refractivity contribution in [2.24, 2.45) is 5.92 Å². The van der Waals surface area contributed by atoms with Crippen LogP contribution >= 0.6 is 11.6 Å². The van der Waals surface area contributed by atoms with Gasteiger partial charge in [-0.2, -0.15) is 0 Å². The summed E-state index contributed by atoms with van der Waals surface area (Å²) in [6, 6.07) is 3.89. The highest BCUT2D eigenvalue weighted by atomic mass is 35.5. The molecule has 1 saturated carbocycles. The van der Waals surface area contributed by atoms with E-state index in [9.17, 15) is 4.79 Å². The molecule has 116 valence electrons. The summed E-state index contributed by atoms with van der Waals surface area (Å²) in [5.41, 5.74) is 2.96. The summed E-state index contributed by atoms with van der Waals surface area (Å²) in [7, 11) is 0. The van der Waals surface area contributed by atoms with Gasteiger partial charge in [0.1, 0.15) is 6.73 Å². The lowest BCUT2D eigenvalue weighted by Gasteiger charge is -2.27. The average molecular weight is 310 g/mol. The molecular weight excluding hydrogens is 286 g/mol. The molecule has 0 N–H and O–H groups in total. The van der Waals surface area contributed by atoms with Crippen molar-refractivity contribution in [2.45, 2.75) is 53.1 Å². The molecule has 1 aromatic carbocycles. The van der Waals surface area contributed by atoms with Gasteiger partial charge in [-0.15, -0.1) is 0 Å². The molecule has 4 heteroatoms. The number of aryl methyl sites for hydroxylation is 1. The molecule has 0 bridgehead atoms. The number of carbonyl (C=O) groups excluding carboxylic acids is 1. The Labute approximate surface area is 132 Å². The first-order valence-corrected chi connectivity index (χ1v) is 8.01. The molecule has 0 saturated heterocycles. The van der Waals surface area contributed by atoms with Crippen LogP contribution in [0, 0.1) is 12.8 Å². The van der Waals surface area contributed by atoms with Crippen molar-refractivity contribution < 1.29 is 9.53 Å². The average Bonchev–Trinajstić information content (AvgIpc) is 3.27. The SMILES string of the molecule is CCc1ccc(Cl)c(C)c1N(COC(C)C1CC1)C(C)=O. The Kier molecular flexibility index (Phi) is 5.28. The number of anilines is 1. The molecule has 0 heterocycles. The van der Waals surface area contributed by atoms with E-state index in [0.717, 1.165) is 23.2 Å². The van der Waals surface area contributed by atoms with Crippen LogP contribution in [0.5, 0.6) is 0 Å². The third-order valence-corrected chi connectivity index (χ3v) is 4.64. The van der Waals surface area contributed by atoms with Crippen LogP contribution < -0.4 is 4.90 Å². The highest BCUT2D eigenvalue weighted by Crippen LogP contribution is 2.35. The molecule has 3 nitrogen and oxygen atoms in total. The van der Waals surface area contributed by atoms with Crippen LogP contribution in [-0.4, -0.2) is 18.7 Å². The van der Waals surface area contributed by atoms with E-state index in [-0.39, 0.29) is 12.0 Å². The minimum atomic E-state index is -0.0157. The van der Waals surface area contributed by atoms with E-state index in [0.29, 0.717) is 17.7 Å². The van der Waals surface area contributed by atoms with E-state index in [2.05, 4.69) is 13.8 Å². The maximum Gasteiger partial charge on any atom is 0.225 e. The molecule has 1 unspecified atom stereocenters. The number of hydrogen-bond donors (Lipinski definition) is 0. The number of hydrogen-bond acceptors (Lipinski definition) is 2. The van der Waals surface area contributed by atoms with Crippen molar-refractivity contribution in [1.82, 2.24) is 0 Å². The number of benzene rings is 1. The first kappa shape index (κ1) is 16.3. The molecule has 1 fully saturated rings. The number of rotatable bonds is 6. The lowest BCUT2D eigenvalue weighted by Crippen LogP contribution is -2.34. The predicted octanol–water partition coefficient (Wildman–Crippen LogP) is 4.34. The summed E-state index contributed by atoms with van der Waals surface area (Å²) in [6.45, 7) is 7.99. The lowest BCUT2D eigenvalue weighted by atomic mass is 10.0. The minimum Gasteiger partial charge on any atom is -0.357 e. The second-order valence-corrected chi connectivity index (χ2v) is 6.23. The summed E-state index contributed by atoms with van der Waals surface area (Å²) in [5, 5.41) is 0.684. The van der Waals surface area contributed by atoms with E-state index in [1.54, 1.807) is 11.8 Å². The van der Waals surface area contributed by atoms with E-state index in [1.807, 2.05) is 19.1 Å². The standard InChI is InChI=1S/C17H24ClNO2/c1-5-14-8-9-16(18)11(2)17(14)19(13(4)20)10-21-12(3)15-6-7-15/h8-9,12,15H,5-7,10H2,1-4H3. The van der Waals surface area contributed by atoms with Gasteiger partial charge in [0.15, 0.2) is 0 Å². The minimum absolute atomic E-state index is 0.0157. The van der Waals surface area contributed by atoms with Gasteiger partial charge < -0.3 is 4.74 Å². The molecule has 0 aliphatic heterocycles. The second-order valence-electron chi connectivity index (χ2n) is 5.82. The molecule has 0 spiro atoms. The fourth-order valence-electron chi connectivity index (χ4n) is 2.60. The van der Waals surface area contributed by atoms with Crippen LogP contribution in [0.4, 0.5) is 5.69 Å². The summed E-state index contributed by atoms with van der Waals surface area (Å²) >= 11 is 6.24. The monoisotopic (exact) mass is 309 g/mol. The van der Waals surface area contributed by atoms with Crippen LogP contribution in [0.2, 0.25) is 5.02 Å². The molecule has 21 heavy (non-hydrogen) atoms. The zero-order valence-electron chi connectivity index (χ0n) is 13.3. The number of ether oxygens (including phenoxy) is 1. The van der Waals surface area contributed by atoms with Gasteiger partial charge in [-0.1, -0.05) is 24.6 Å². The third kappa shape index (κ3) is 3.78. The Morgan fingerprint density at radius 3 is 2.67 bits per heavy atom. The van der Waals surface area contributed by atoms with Crippen LogP contribution in [0.15, 0.2) is 12.1 Å². The van der Waals surface area contributed by atoms with Crippen molar-refractivity contribution >= 4 is 23.2 Å². The molecule has 2 rings (SSSR count). The van der Waals surface area contributed by atoms with E-state index in [1.165, 1.54) is 12.8 Å². The maximum atomic E-state index is 12.1. The van der Waals surface area contributed by atoms with E-state index in [4.69, 9.17) is 16.3 Å². The normalized spacial score (nSPS) is 15.9. The topological polar surface area (TPSA) is 29.5 Å². The Morgan fingerprint density at radius 2 is 2.14 bits per heavy atom. The van der Waals surface area contributed by atoms with Crippen molar-refractivity contribution in [2.75, 3.05) is 11.6 Å². The smallest absolute Gasteiger partial charge is 0.225 e. The number of amides is 1. The molecule has 1 aromatic rings. The Hall–Kier alpha value is -1.06. The van der Waals surface area contributed by atoms with Crippen molar-refractivity contribution in [3.63, 3.8) is 0 Å². The quantitative estimate of drug-likeness (QED) is 0.732. The highest BCUT2D eigenvalue weighted by Gasteiger charge is 2.29. The number of carbonyl (C=O) groups is 1. The van der Waals surface area contributed by atoms with Crippen molar-refractivity contribution in [1.29, 1.82) is 0 Å². The number of halogens is 1. The molecule has 1 aliphatic carbocycles. The van der Waals surface area contributed by atoms with Crippen molar-refractivity contribution in [3.8, 4) is 0 Å². The molecule has 1 amide bonds. The van der Waals surface area contributed by atoms with Crippen LogP contribution in [-0.2, 0) is 16.0 Å². The van der Waals surface area contributed by atoms with Gasteiger partial charge >= 0.3 is 0 Å². The van der Waals surface area contributed by atoms with Gasteiger partial charge in [-0.05, 0) is 56.2 Å². The summed E-state index contributed by atoms with van der Waals surface area (Å²) in [4.78, 5) is 13.8. The second kappa shape index (κ2) is 6.80. The predicted molar refractivity (Wildman–Crippen MR) is 86.9 cm³/mol. The van der Waals surface area contributed by atoms with Crippen molar-refractivity contribution in [3.05, 3.63) is 28.3 Å². The van der Waals surface area contributed by atoms with Gasteiger partial charge in [-0.25, -0.2) is 0 Å². The zero-order valence-corrected chi connectivity index (χ0v) is 14.0. The Morgan fingerprint density at radius 1 is 1.48 bits per heavy atom. The molecule has 1 atom stereocenters. The summed E-state index contributed by atoms with van der Waals surface area (Å²) in [6.07, 6.45) is 3.53. The van der Waals surface area contributed by atoms with E-state index < -0.39 is 0 Å². The number of nitrogens with zero attached hydrogens (tertiary/aromatic N) is 1. The first-order chi connectivity index (χ1) is 9.95. The summed E-state index contributed by atoms with van der Waals surface area (Å²) in [5.74, 6) is 0.642. The maximum absolute atomic E-state index is 12.1.